The normalized spacial score (nSPS) is 21.9. The molecule has 2 rings (SSSR count). The van der Waals surface area contributed by atoms with E-state index in [1.165, 1.54) is 44.5 Å². The molecule has 1 saturated heterocycles. The minimum atomic E-state index is 0.112. The summed E-state index contributed by atoms with van der Waals surface area (Å²) in [5, 5.41) is 0. The van der Waals surface area contributed by atoms with Gasteiger partial charge in [0.05, 0.1) is 12.0 Å². The molecule has 0 radical (unpaired) electrons. The van der Waals surface area contributed by atoms with Gasteiger partial charge in [0.25, 0.3) is 0 Å². The van der Waals surface area contributed by atoms with Gasteiger partial charge in [-0.3, -0.25) is 0 Å². The van der Waals surface area contributed by atoms with Crippen LogP contribution in [0.25, 0.3) is 0 Å². The van der Waals surface area contributed by atoms with Crippen LogP contribution in [-0.4, -0.2) is 33.6 Å². The third-order valence-electron chi connectivity index (χ3n) is 4.63. The van der Waals surface area contributed by atoms with E-state index in [-0.39, 0.29) is 6.04 Å². The van der Waals surface area contributed by atoms with Gasteiger partial charge < -0.3 is 15.2 Å². The number of rotatable bonds is 7. The molecule has 2 unspecified atom stereocenters. The predicted molar refractivity (Wildman–Crippen MR) is 88.1 cm³/mol. The van der Waals surface area contributed by atoms with Crippen LogP contribution in [0.2, 0.25) is 0 Å². The lowest BCUT2D eigenvalue weighted by Gasteiger charge is -2.33. The van der Waals surface area contributed by atoms with Crippen molar-refractivity contribution in [3.63, 3.8) is 0 Å². The maximum absolute atomic E-state index is 6.31. The van der Waals surface area contributed by atoms with Crippen LogP contribution in [0, 0.1) is 5.92 Å². The highest BCUT2D eigenvalue weighted by Gasteiger charge is 2.18. The van der Waals surface area contributed by atoms with Gasteiger partial charge in [-0.05, 0) is 45.1 Å². The first-order valence-corrected chi connectivity index (χ1v) is 8.57. The fourth-order valence-electron chi connectivity index (χ4n) is 3.39. The van der Waals surface area contributed by atoms with Crippen LogP contribution in [0.5, 0.6) is 0 Å². The van der Waals surface area contributed by atoms with Crippen LogP contribution in [0.15, 0.2) is 12.5 Å². The quantitative estimate of drug-likeness (QED) is 0.839. The summed E-state index contributed by atoms with van der Waals surface area (Å²) in [5.74, 6) is 0.623. The van der Waals surface area contributed by atoms with Gasteiger partial charge >= 0.3 is 0 Å². The van der Waals surface area contributed by atoms with Gasteiger partial charge in [-0.1, -0.05) is 20.3 Å². The van der Waals surface area contributed by atoms with E-state index < -0.39 is 0 Å². The Morgan fingerprint density at radius 1 is 1.33 bits per heavy atom. The molecule has 1 fully saturated rings. The number of hydrogen-bond acceptors (Lipinski definition) is 3. The largest absolute Gasteiger partial charge is 0.333 e. The van der Waals surface area contributed by atoms with Crippen molar-refractivity contribution in [2.75, 3.05) is 13.1 Å². The summed E-state index contributed by atoms with van der Waals surface area (Å²) in [6.07, 6.45) is 10.2. The zero-order valence-corrected chi connectivity index (χ0v) is 14.0. The molecule has 0 amide bonds. The average Bonchev–Trinajstić information content (AvgIpc) is 2.89. The van der Waals surface area contributed by atoms with E-state index in [9.17, 15) is 0 Å². The molecule has 2 heterocycles. The monoisotopic (exact) mass is 292 g/mol. The molecule has 2 atom stereocenters. The van der Waals surface area contributed by atoms with Crippen molar-refractivity contribution in [1.29, 1.82) is 0 Å². The number of imidazole rings is 1. The zero-order valence-electron chi connectivity index (χ0n) is 14.0. The van der Waals surface area contributed by atoms with Gasteiger partial charge in [-0.2, -0.15) is 0 Å². The van der Waals surface area contributed by atoms with Crippen LogP contribution in [0.4, 0.5) is 0 Å². The molecule has 0 saturated carbocycles. The lowest BCUT2D eigenvalue weighted by atomic mass is 10.0. The Kier molecular flexibility index (Phi) is 6.24. The number of nitrogens with zero attached hydrogens (tertiary/aromatic N) is 3. The van der Waals surface area contributed by atoms with E-state index in [1.807, 2.05) is 12.5 Å². The molecule has 1 aliphatic heterocycles. The van der Waals surface area contributed by atoms with Crippen molar-refractivity contribution in [3.8, 4) is 0 Å². The highest BCUT2D eigenvalue weighted by atomic mass is 15.2. The van der Waals surface area contributed by atoms with Gasteiger partial charge in [-0.15, -0.1) is 0 Å². The first-order chi connectivity index (χ1) is 10.1. The number of nitrogens with two attached hydrogens (primary N) is 1. The van der Waals surface area contributed by atoms with Crippen LogP contribution < -0.4 is 5.73 Å². The highest BCUT2D eigenvalue weighted by Crippen LogP contribution is 2.19. The topological polar surface area (TPSA) is 47.1 Å². The SMILES string of the molecule is CC(C)CC(N)c1cncn1CCCN1CCCCC1C. The van der Waals surface area contributed by atoms with Crippen molar-refractivity contribution in [1.82, 2.24) is 14.5 Å². The molecule has 0 spiro atoms. The van der Waals surface area contributed by atoms with Gasteiger partial charge in [0, 0.05) is 31.4 Å². The molecule has 120 valence electrons. The lowest BCUT2D eigenvalue weighted by Crippen LogP contribution is -2.38. The first kappa shape index (κ1) is 16.5. The smallest absolute Gasteiger partial charge is 0.0948 e. The number of piperidine rings is 1. The van der Waals surface area contributed by atoms with Crippen molar-refractivity contribution in [2.45, 2.75) is 71.5 Å². The fourth-order valence-corrected chi connectivity index (χ4v) is 3.39. The molecule has 4 nitrogen and oxygen atoms in total. The van der Waals surface area contributed by atoms with Crippen LogP contribution in [0.3, 0.4) is 0 Å². The third kappa shape index (κ3) is 4.82. The minimum Gasteiger partial charge on any atom is -0.333 e. The summed E-state index contributed by atoms with van der Waals surface area (Å²) in [7, 11) is 0. The van der Waals surface area contributed by atoms with Gasteiger partial charge in [-0.25, -0.2) is 4.98 Å². The molecule has 1 aliphatic rings. The summed E-state index contributed by atoms with van der Waals surface area (Å²) in [4.78, 5) is 6.93. The van der Waals surface area contributed by atoms with Crippen molar-refractivity contribution in [2.24, 2.45) is 11.7 Å². The standard InChI is InChI=1S/C17H32N4/c1-14(2)11-16(18)17-12-19-13-21(17)10-6-9-20-8-5-4-7-15(20)3/h12-16H,4-11,18H2,1-3H3. The van der Waals surface area contributed by atoms with Crippen molar-refractivity contribution in [3.05, 3.63) is 18.2 Å². The second-order valence-electron chi connectivity index (χ2n) is 6.98. The Bertz CT molecular complexity index is 413. The molecule has 2 N–H and O–H groups in total. The molecule has 4 heteroatoms. The Hall–Kier alpha value is -0.870. The van der Waals surface area contributed by atoms with E-state index in [2.05, 4.69) is 35.2 Å². The second-order valence-corrected chi connectivity index (χ2v) is 6.98. The lowest BCUT2D eigenvalue weighted by molar-refractivity contribution is 0.156. The average molecular weight is 292 g/mol. The summed E-state index contributed by atoms with van der Waals surface area (Å²) in [6.45, 7) is 10.3. The third-order valence-corrected chi connectivity index (χ3v) is 4.63. The van der Waals surface area contributed by atoms with E-state index >= 15 is 0 Å². The maximum Gasteiger partial charge on any atom is 0.0948 e. The minimum absolute atomic E-state index is 0.112. The van der Waals surface area contributed by atoms with Gasteiger partial charge in [0.1, 0.15) is 0 Å². The number of aryl methyl sites for hydroxylation is 1. The predicted octanol–water partition coefficient (Wildman–Crippen LogP) is 3.19. The van der Waals surface area contributed by atoms with E-state index in [1.54, 1.807) is 0 Å². The molecule has 21 heavy (non-hydrogen) atoms. The Balaban J connectivity index is 1.82. The first-order valence-electron chi connectivity index (χ1n) is 8.57. The van der Waals surface area contributed by atoms with Crippen LogP contribution in [0.1, 0.15) is 64.6 Å². The number of likely N-dealkylation sites (tertiary alicyclic amines) is 1. The van der Waals surface area contributed by atoms with Crippen molar-refractivity contribution < 1.29 is 0 Å². The Morgan fingerprint density at radius 2 is 2.14 bits per heavy atom. The van der Waals surface area contributed by atoms with Gasteiger partial charge in [0.15, 0.2) is 0 Å². The molecule has 1 aromatic rings. The van der Waals surface area contributed by atoms with Gasteiger partial charge in [0.2, 0.25) is 0 Å². The summed E-state index contributed by atoms with van der Waals surface area (Å²) in [5.41, 5.74) is 7.50. The highest BCUT2D eigenvalue weighted by molar-refractivity contribution is 5.04. The van der Waals surface area contributed by atoms with Crippen molar-refractivity contribution >= 4 is 0 Å². The molecule has 1 aromatic heterocycles. The van der Waals surface area contributed by atoms with E-state index in [0.717, 1.165) is 19.0 Å². The molecule has 0 aliphatic carbocycles. The second kappa shape index (κ2) is 7.95. The summed E-state index contributed by atoms with van der Waals surface area (Å²) in [6, 6.07) is 0.866. The van der Waals surface area contributed by atoms with Crippen LogP contribution >= 0.6 is 0 Å². The summed E-state index contributed by atoms with van der Waals surface area (Å²) >= 11 is 0. The number of hydrogen-bond donors (Lipinski definition) is 1. The number of aromatic nitrogens is 2. The molecule has 0 aromatic carbocycles. The maximum atomic E-state index is 6.31. The fraction of sp³-hybridized carbons (Fsp3) is 0.824. The Morgan fingerprint density at radius 3 is 2.86 bits per heavy atom. The van der Waals surface area contributed by atoms with Crippen LogP contribution in [-0.2, 0) is 6.54 Å². The molecule has 0 bridgehead atoms. The van der Waals surface area contributed by atoms with E-state index in [4.69, 9.17) is 5.73 Å². The zero-order chi connectivity index (χ0) is 15.2. The Labute approximate surface area is 129 Å². The van der Waals surface area contributed by atoms with E-state index in [0.29, 0.717) is 5.92 Å². The summed E-state index contributed by atoms with van der Waals surface area (Å²) < 4.78 is 2.25. The molecular formula is C17H32N4. The molecular weight excluding hydrogens is 260 g/mol.